The standard InChI is InChI=1S/C16H14N4O5/c1-8(21)17-12-11(15(24)19(3)16(25)18(12)2)20-13(22)9-6-4-5-7-10(9)14(20)23/h4-7H,1-3H3,(H,17,21). The topological polar surface area (TPSA) is 110 Å². The number of hydrogen-bond donors (Lipinski definition) is 1. The number of aromatic nitrogens is 2. The van der Waals surface area contributed by atoms with Gasteiger partial charge in [-0.1, -0.05) is 12.1 Å². The molecule has 0 radical (unpaired) electrons. The molecule has 0 atom stereocenters. The number of anilines is 2. The maximum absolute atomic E-state index is 12.7. The highest BCUT2D eigenvalue weighted by molar-refractivity contribution is 6.35. The molecule has 3 amide bonds. The van der Waals surface area contributed by atoms with Crippen molar-refractivity contribution in [2.45, 2.75) is 6.92 Å². The van der Waals surface area contributed by atoms with E-state index in [1.165, 1.54) is 33.2 Å². The first-order valence-corrected chi connectivity index (χ1v) is 7.31. The second kappa shape index (κ2) is 5.55. The van der Waals surface area contributed by atoms with Crippen LogP contribution < -0.4 is 21.5 Å². The van der Waals surface area contributed by atoms with Gasteiger partial charge in [-0.3, -0.25) is 28.3 Å². The van der Waals surface area contributed by atoms with Gasteiger partial charge in [-0.2, -0.15) is 0 Å². The van der Waals surface area contributed by atoms with Crippen molar-refractivity contribution in [2.75, 3.05) is 10.2 Å². The minimum atomic E-state index is -0.860. The lowest BCUT2D eigenvalue weighted by Gasteiger charge is -2.20. The Bertz CT molecular complexity index is 1030. The van der Waals surface area contributed by atoms with Gasteiger partial charge in [0.15, 0.2) is 5.69 Å². The number of carbonyl (C=O) groups excluding carboxylic acids is 3. The Kier molecular flexibility index (Phi) is 3.63. The van der Waals surface area contributed by atoms with Crippen molar-refractivity contribution in [1.29, 1.82) is 0 Å². The molecule has 0 saturated heterocycles. The molecule has 0 unspecified atom stereocenters. The first-order chi connectivity index (χ1) is 11.8. The van der Waals surface area contributed by atoms with Crippen LogP contribution in [0.4, 0.5) is 11.5 Å². The molecule has 1 aromatic carbocycles. The zero-order valence-corrected chi connectivity index (χ0v) is 13.7. The van der Waals surface area contributed by atoms with Gasteiger partial charge in [-0.05, 0) is 12.1 Å². The van der Waals surface area contributed by atoms with Crippen molar-refractivity contribution in [3.8, 4) is 0 Å². The van der Waals surface area contributed by atoms with Crippen LogP contribution in [-0.2, 0) is 18.9 Å². The number of rotatable bonds is 2. The number of imide groups is 1. The van der Waals surface area contributed by atoms with Gasteiger partial charge in [0.05, 0.1) is 11.1 Å². The summed E-state index contributed by atoms with van der Waals surface area (Å²) < 4.78 is 1.77. The zero-order chi connectivity index (χ0) is 18.5. The van der Waals surface area contributed by atoms with Gasteiger partial charge in [-0.15, -0.1) is 0 Å². The number of nitrogens with one attached hydrogen (secondary N) is 1. The summed E-state index contributed by atoms with van der Waals surface area (Å²) in [5.74, 6) is -2.15. The monoisotopic (exact) mass is 342 g/mol. The van der Waals surface area contributed by atoms with Crippen LogP contribution in [0.5, 0.6) is 0 Å². The minimum Gasteiger partial charge on any atom is -0.310 e. The number of benzene rings is 1. The lowest BCUT2D eigenvalue weighted by Crippen LogP contribution is -2.44. The molecule has 25 heavy (non-hydrogen) atoms. The van der Waals surface area contributed by atoms with Crippen molar-refractivity contribution >= 4 is 29.2 Å². The van der Waals surface area contributed by atoms with E-state index in [-0.39, 0.29) is 22.6 Å². The smallest absolute Gasteiger partial charge is 0.310 e. The summed E-state index contributed by atoms with van der Waals surface area (Å²) in [5, 5.41) is 2.36. The molecule has 9 heteroatoms. The maximum Gasteiger partial charge on any atom is 0.332 e. The van der Waals surface area contributed by atoms with Crippen LogP contribution in [0.2, 0.25) is 0 Å². The molecule has 0 bridgehead atoms. The Balaban J connectivity index is 2.34. The largest absolute Gasteiger partial charge is 0.332 e. The third-order valence-corrected chi connectivity index (χ3v) is 3.95. The zero-order valence-electron chi connectivity index (χ0n) is 13.7. The van der Waals surface area contributed by atoms with E-state index in [1.54, 1.807) is 12.1 Å². The summed E-state index contributed by atoms with van der Waals surface area (Å²) in [6.07, 6.45) is 0. The van der Waals surface area contributed by atoms with Gasteiger partial charge in [0.2, 0.25) is 5.91 Å². The van der Waals surface area contributed by atoms with Gasteiger partial charge in [0.25, 0.3) is 17.4 Å². The number of fused-ring (bicyclic) bond motifs is 1. The number of amides is 3. The van der Waals surface area contributed by atoms with Crippen LogP contribution in [0, 0.1) is 0 Å². The first kappa shape index (κ1) is 16.4. The summed E-state index contributed by atoms with van der Waals surface area (Å²) in [4.78, 5) is 62.3. The quantitative estimate of drug-likeness (QED) is 0.763. The van der Waals surface area contributed by atoms with Gasteiger partial charge in [0.1, 0.15) is 5.82 Å². The van der Waals surface area contributed by atoms with E-state index in [1.807, 2.05) is 0 Å². The second-order valence-corrected chi connectivity index (χ2v) is 5.58. The third kappa shape index (κ3) is 2.28. The van der Waals surface area contributed by atoms with Crippen LogP contribution in [-0.4, -0.2) is 26.9 Å². The van der Waals surface area contributed by atoms with E-state index < -0.39 is 29.0 Å². The molecule has 2 heterocycles. The molecule has 0 aliphatic carbocycles. The highest BCUT2D eigenvalue weighted by Gasteiger charge is 2.40. The highest BCUT2D eigenvalue weighted by Crippen LogP contribution is 2.30. The summed E-state index contributed by atoms with van der Waals surface area (Å²) in [6, 6.07) is 6.14. The Morgan fingerprint density at radius 1 is 0.920 bits per heavy atom. The first-order valence-electron chi connectivity index (χ1n) is 7.31. The van der Waals surface area contributed by atoms with Gasteiger partial charge >= 0.3 is 5.69 Å². The normalized spacial score (nSPS) is 13.2. The molecular formula is C16H14N4O5. The summed E-state index contributed by atoms with van der Waals surface area (Å²) in [5.41, 5.74) is -1.63. The number of hydrogen-bond acceptors (Lipinski definition) is 5. The highest BCUT2D eigenvalue weighted by atomic mass is 16.2. The molecule has 3 rings (SSSR count). The van der Waals surface area contributed by atoms with Crippen LogP contribution in [0.3, 0.4) is 0 Å². The molecule has 0 fully saturated rings. The van der Waals surface area contributed by atoms with E-state index in [4.69, 9.17) is 0 Å². The van der Waals surface area contributed by atoms with Crippen molar-refractivity contribution in [3.63, 3.8) is 0 Å². The van der Waals surface area contributed by atoms with E-state index in [2.05, 4.69) is 5.32 Å². The Hall–Kier alpha value is -3.49. The number of carbonyl (C=O) groups is 3. The van der Waals surface area contributed by atoms with E-state index >= 15 is 0 Å². The summed E-state index contributed by atoms with van der Waals surface area (Å²) in [7, 11) is 2.55. The second-order valence-electron chi connectivity index (χ2n) is 5.58. The molecular weight excluding hydrogens is 328 g/mol. The predicted octanol–water partition coefficient (Wildman–Crippen LogP) is -0.157. The van der Waals surface area contributed by atoms with E-state index in [9.17, 15) is 24.0 Å². The molecule has 0 spiro atoms. The Morgan fingerprint density at radius 2 is 1.44 bits per heavy atom. The van der Waals surface area contributed by atoms with Gasteiger partial charge in [0, 0.05) is 21.0 Å². The molecule has 1 N–H and O–H groups in total. The SMILES string of the molecule is CC(=O)Nc1c(N2C(=O)c3ccccc3C2=O)c(=O)n(C)c(=O)n1C. The molecule has 9 nitrogen and oxygen atoms in total. The van der Waals surface area contributed by atoms with Crippen LogP contribution in [0.25, 0.3) is 0 Å². The fourth-order valence-corrected chi connectivity index (χ4v) is 2.73. The fourth-order valence-electron chi connectivity index (χ4n) is 2.73. The lowest BCUT2D eigenvalue weighted by atomic mass is 10.1. The maximum atomic E-state index is 12.7. The van der Waals surface area contributed by atoms with Crippen molar-refractivity contribution in [3.05, 3.63) is 56.2 Å². The molecule has 0 saturated carbocycles. The Morgan fingerprint density at radius 3 is 1.92 bits per heavy atom. The summed E-state index contributed by atoms with van der Waals surface area (Å²) in [6.45, 7) is 1.19. The van der Waals surface area contributed by atoms with Crippen LogP contribution in [0.15, 0.2) is 33.9 Å². The Labute approximate surface area is 141 Å². The summed E-state index contributed by atoms with van der Waals surface area (Å²) >= 11 is 0. The third-order valence-electron chi connectivity index (χ3n) is 3.95. The van der Waals surface area contributed by atoms with Crippen molar-refractivity contribution < 1.29 is 14.4 Å². The molecule has 1 aliphatic heterocycles. The van der Waals surface area contributed by atoms with Crippen LogP contribution >= 0.6 is 0 Å². The van der Waals surface area contributed by atoms with Crippen molar-refractivity contribution in [2.24, 2.45) is 14.1 Å². The van der Waals surface area contributed by atoms with Crippen LogP contribution in [0.1, 0.15) is 27.6 Å². The minimum absolute atomic E-state index is 0.150. The lowest BCUT2D eigenvalue weighted by molar-refractivity contribution is -0.114. The van der Waals surface area contributed by atoms with E-state index in [0.717, 1.165) is 9.13 Å². The van der Waals surface area contributed by atoms with Gasteiger partial charge in [-0.25, -0.2) is 9.69 Å². The van der Waals surface area contributed by atoms with Crippen molar-refractivity contribution in [1.82, 2.24) is 9.13 Å². The van der Waals surface area contributed by atoms with E-state index in [0.29, 0.717) is 4.90 Å². The predicted molar refractivity (Wildman–Crippen MR) is 88.8 cm³/mol. The molecule has 1 aliphatic rings. The average Bonchev–Trinajstić information content (AvgIpc) is 2.83. The average molecular weight is 342 g/mol. The molecule has 1 aromatic heterocycles. The number of nitrogens with zero attached hydrogens (tertiary/aromatic N) is 3. The molecule has 2 aromatic rings. The molecule has 128 valence electrons. The fraction of sp³-hybridized carbons (Fsp3) is 0.188. The van der Waals surface area contributed by atoms with Gasteiger partial charge < -0.3 is 5.32 Å².